The van der Waals surface area contributed by atoms with Crippen LogP contribution in [0.15, 0.2) is 48.7 Å². The fourth-order valence-corrected chi connectivity index (χ4v) is 3.26. The molecule has 0 aliphatic carbocycles. The number of benzene rings is 2. The van der Waals surface area contributed by atoms with Crippen molar-refractivity contribution < 1.29 is 9.47 Å². The molecule has 0 amide bonds. The fourth-order valence-electron chi connectivity index (χ4n) is 3.26. The van der Waals surface area contributed by atoms with Crippen molar-refractivity contribution in [1.29, 1.82) is 0 Å². The van der Waals surface area contributed by atoms with Crippen LogP contribution in [0.4, 0.5) is 23.1 Å². The van der Waals surface area contributed by atoms with Gasteiger partial charge < -0.3 is 19.7 Å². The lowest BCUT2D eigenvalue weighted by atomic mass is 10.0. The Morgan fingerprint density at radius 1 is 1.07 bits per heavy atom. The second kappa shape index (κ2) is 7.49. The number of aryl methyl sites for hydroxylation is 1. The van der Waals surface area contributed by atoms with Crippen molar-refractivity contribution in [3.8, 4) is 11.5 Å². The molecule has 7 heteroatoms. The predicted octanol–water partition coefficient (Wildman–Crippen LogP) is 3.72. The van der Waals surface area contributed by atoms with Crippen LogP contribution in [0.2, 0.25) is 0 Å². The van der Waals surface area contributed by atoms with Crippen molar-refractivity contribution in [2.24, 2.45) is 0 Å². The molecule has 0 atom stereocenters. The van der Waals surface area contributed by atoms with Gasteiger partial charge in [-0.2, -0.15) is 10.1 Å². The van der Waals surface area contributed by atoms with Crippen molar-refractivity contribution >= 4 is 23.1 Å². The van der Waals surface area contributed by atoms with Crippen molar-refractivity contribution in [2.45, 2.75) is 12.8 Å². The molecule has 138 valence electrons. The van der Waals surface area contributed by atoms with E-state index in [1.807, 2.05) is 24.3 Å². The first kappa shape index (κ1) is 17.1. The zero-order valence-corrected chi connectivity index (χ0v) is 15.3. The van der Waals surface area contributed by atoms with Crippen LogP contribution in [-0.2, 0) is 6.42 Å². The molecule has 0 radical (unpaired) electrons. The van der Waals surface area contributed by atoms with E-state index in [0.29, 0.717) is 17.5 Å². The zero-order chi connectivity index (χ0) is 18.6. The maximum atomic E-state index is 5.42. The lowest BCUT2D eigenvalue weighted by Gasteiger charge is -2.29. The lowest BCUT2D eigenvalue weighted by Crippen LogP contribution is -2.26. The summed E-state index contributed by atoms with van der Waals surface area (Å²) in [4.78, 5) is 6.78. The SMILES string of the molecule is COc1ccc(OC)c(Nc2cnnc(N3CCCc4ccccc43)n2)c1. The Labute approximate surface area is 158 Å². The number of ether oxygens (including phenoxy) is 2. The third-order valence-electron chi connectivity index (χ3n) is 4.57. The average Bonchev–Trinajstić information content (AvgIpc) is 2.73. The summed E-state index contributed by atoms with van der Waals surface area (Å²) in [5, 5.41) is 11.6. The largest absolute Gasteiger partial charge is 0.497 e. The molecule has 7 nitrogen and oxygen atoms in total. The second-order valence-corrected chi connectivity index (χ2v) is 6.22. The molecule has 0 unspecified atom stereocenters. The molecule has 1 aliphatic heterocycles. The molecule has 0 saturated carbocycles. The molecule has 0 fully saturated rings. The van der Waals surface area contributed by atoms with E-state index in [2.05, 4.69) is 43.6 Å². The maximum absolute atomic E-state index is 5.42. The quantitative estimate of drug-likeness (QED) is 0.741. The number of methoxy groups -OCH3 is 2. The summed E-state index contributed by atoms with van der Waals surface area (Å²) in [6.07, 6.45) is 3.72. The highest BCUT2D eigenvalue weighted by atomic mass is 16.5. The van der Waals surface area contributed by atoms with Gasteiger partial charge in [-0.1, -0.05) is 18.2 Å². The number of rotatable bonds is 5. The van der Waals surface area contributed by atoms with Gasteiger partial charge in [0.1, 0.15) is 11.5 Å². The first-order valence-electron chi connectivity index (χ1n) is 8.82. The number of hydrogen-bond donors (Lipinski definition) is 1. The molecule has 27 heavy (non-hydrogen) atoms. The van der Waals surface area contributed by atoms with Crippen LogP contribution in [0.25, 0.3) is 0 Å². The molecule has 1 aromatic heterocycles. The molecule has 0 bridgehead atoms. The summed E-state index contributed by atoms with van der Waals surface area (Å²) in [5.41, 5.74) is 3.20. The average molecular weight is 363 g/mol. The van der Waals surface area contributed by atoms with E-state index in [0.717, 1.165) is 36.5 Å². The van der Waals surface area contributed by atoms with E-state index in [1.54, 1.807) is 20.4 Å². The molecule has 3 aromatic rings. The van der Waals surface area contributed by atoms with E-state index in [1.165, 1.54) is 5.56 Å². The number of anilines is 4. The van der Waals surface area contributed by atoms with Crippen LogP contribution in [0.3, 0.4) is 0 Å². The molecule has 2 aromatic carbocycles. The highest BCUT2D eigenvalue weighted by Gasteiger charge is 2.20. The molecule has 2 heterocycles. The molecule has 4 rings (SSSR count). The topological polar surface area (TPSA) is 72.4 Å². The standard InChI is InChI=1S/C20H21N5O2/c1-26-15-9-10-18(27-2)16(12-15)22-19-13-21-24-20(23-19)25-11-5-7-14-6-3-4-8-17(14)25/h3-4,6,8-10,12-13H,5,7,11H2,1-2H3,(H,22,23,24). The van der Waals surface area contributed by atoms with Crippen molar-refractivity contribution in [3.05, 3.63) is 54.2 Å². The van der Waals surface area contributed by atoms with Gasteiger partial charge in [0.2, 0.25) is 0 Å². The van der Waals surface area contributed by atoms with Crippen molar-refractivity contribution in [1.82, 2.24) is 15.2 Å². The van der Waals surface area contributed by atoms with Gasteiger partial charge in [0.15, 0.2) is 5.82 Å². The highest BCUT2D eigenvalue weighted by molar-refractivity contribution is 5.68. The lowest BCUT2D eigenvalue weighted by molar-refractivity contribution is 0.405. The van der Waals surface area contributed by atoms with E-state index >= 15 is 0 Å². The molecular weight excluding hydrogens is 342 g/mol. The monoisotopic (exact) mass is 363 g/mol. The first-order chi connectivity index (χ1) is 13.3. The summed E-state index contributed by atoms with van der Waals surface area (Å²) in [7, 11) is 3.26. The van der Waals surface area contributed by atoms with Gasteiger partial charge in [0, 0.05) is 18.3 Å². The van der Waals surface area contributed by atoms with Crippen molar-refractivity contribution in [2.75, 3.05) is 31.0 Å². The van der Waals surface area contributed by atoms with Gasteiger partial charge in [-0.05, 0) is 36.6 Å². The molecule has 0 saturated heterocycles. The first-order valence-corrected chi connectivity index (χ1v) is 8.82. The van der Waals surface area contributed by atoms with Gasteiger partial charge in [-0.15, -0.1) is 5.10 Å². The Morgan fingerprint density at radius 3 is 2.81 bits per heavy atom. The number of para-hydroxylation sites is 1. The van der Waals surface area contributed by atoms with Crippen molar-refractivity contribution in [3.63, 3.8) is 0 Å². The van der Waals surface area contributed by atoms with E-state index in [-0.39, 0.29) is 0 Å². The minimum absolute atomic E-state index is 0.578. The third-order valence-corrected chi connectivity index (χ3v) is 4.57. The number of aromatic nitrogens is 3. The number of nitrogens with zero attached hydrogens (tertiary/aromatic N) is 4. The van der Waals surface area contributed by atoms with Crippen LogP contribution in [0, 0.1) is 0 Å². The minimum atomic E-state index is 0.578. The van der Waals surface area contributed by atoms with Crippen LogP contribution in [0.5, 0.6) is 11.5 Å². The summed E-state index contributed by atoms with van der Waals surface area (Å²) in [5.74, 6) is 2.59. The van der Waals surface area contributed by atoms with E-state index < -0.39 is 0 Å². The van der Waals surface area contributed by atoms with Crippen LogP contribution in [-0.4, -0.2) is 35.9 Å². The second-order valence-electron chi connectivity index (χ2n) is 6.22. The Hall–Kier alpha value is -3.35. The summed E-state index contributed by atoms with van der Waals surface area (Å²) in [6, 6.07) is 13.9. The molecule has 1 N–H and O–H groups in total. The van der Waals surface area contributed by atoms with Crippen LogP contribution >= 0.6 is 0 Å². The van der Waals surface area contributed by atoms with Crippen LogP contribution < -0.4 is 19.7 Å². The van der Waals surface area contributed by atoms with E-state index in [9.17, 15) is 0 Å². The highest BCUT2D eigenvalue weighted by Crippen LogP contribution is 2.33. The Morgan fingerprint density at radius 2 is 1.96 bits per heavy atom. The minimum Gasteiger partial charge on any atom is -0.497 e. The van der Waals surface area contributed by atoms with Gasteiger partial charge >= 0.3 is 0 Å². The Kier molecular flexibility index (Phi) is 4.74. The third kappa shape index (κ3) is 3.48. The Balaban J connectivity index is 1.65. The molecular formula is C20H21N5O2. The van der Waals surface area contributed by atoms with Crippen LogP contribution in [0.1, 0.15) is 12.0 Å². The Bertz CT molecular complexity index is 947. The summed E-state index contributed by atoms with van der Waals surface area (Å²) < 4.78 is 10.7. The zero-order valence-electron chi connectivity index (χ0n) is 15.3. The summed E-state index contributed by atoms with van der Waals surface area (Å²) in [6.45, 7) is 0.866. The van der Waals surface area contributed by atoms with Gasteiger partial charge in [-0.25, -0.2) is 0 Å². The molecule has 0 spiro atoms. The number of nitrogens with one attached hydrogen (secondary N) is 1. The normalized spacial score (nSPS) is 13.0. The smallest absolute Gasteiger partial charge is 0.251 e. The predicted molar refractivity (Wildman–Crippen MR) is 104 cm³/mol. The molecule has 1 aliphatic rings. The van der Waals surface area contributed by atoms with Gasteiger partial charge in [-0.3, -0.25) is 0 Å². The maximum Gasteiger partial charge on any atom is 0.251 e. The van der Waals surface area contributed by atoms with E-state index in [4.69, 9.17) is 9.47 Å². The number of fused-ring (bicyclic) bond motifs is 1. The van der Waals surface area contributed by atoms with Gasteiger partial charge in [0.25, 0.3) is 5.95 Å². The summed E-state index contributed by atoms with van der Waals surface area (Å²) >= 11 is 0. The van der Waals surface area contributed by atoms with Gasteiger partial charge in [0.05, 0.1) is 26.1 Å². The fraction of sp³-hybridized carbons (Fsp3) is 0.250. The number of hydrogen-bond acceptors (Lipinski definition) is 7.